The second kappa shape index (κ2) is 6.25. The third-order valence-corrected chi connectivity index (χ3v) is 4.17. The van der Waals surface area contributed by atoms with Crippen LogP contribution in [0.25, 0.3) is 0 Å². The van der Waals surface area contributed by atoms with Crippen LogP contribution in [0.5, 0.6) is 0 Å². The molecule has 0 saturated heterocycles. The number of hydrazone groups is 1. The number of aryl methyl sites for hydroxylation is 1. The van der Waals surface area contributed by atoms with Gasteiger partial charge in [0.05, 0.1) is 11.8 Å². The van der Waals surface area contributed by atoms with Crippen molar-refractivity contribution in [3.05, 3.63) is 23.7 Å². The maximum Gasteiger partial charge on any atom is 0.274 e. The van der Waals surface area contributed by atoms with Gasteiger partial charge in [-0.05, 0) is 44.1 Å². The molecule has 1 heterocycles. The maximum absolute atomic E-state index is 12.0. The fourth-order valence-electron chi connectivity index (χ4n) is 2.89. The monoisotopic (exact) mass is 276 g/mol. The van der Waals surface area contributed by atoms with Crippen molar-refractivity contribution in [2.24, 2.45) is 22.9 Å². The number of nitrogens with one attached hydrogen (secondary N) is 1. The van der Waals surface area contributed by atoms with Crippen LogP contribution in [0.1, 0.15) is 56.2 Å². The van der Waals surface area contributed by atoms with Crippen LogP contribution in [0.15, 0.2) is 21.8 Å². The Morgan fingerprint density at radius 1 is 1.45 bits per heavy atom. The lowest BCUT2D eigenvalue weighted by Gasteiger charge is -2.30. The molecule has 1 aliphatic carbocycles. The summed E-state index contributed by atoms with van der Waals surface area (Å²) < 4.78 is 5.14. The summed E-state index contributed by atoms with van der Waals surface area (Å²) in [4.78, 5) is 12.0. The molecule has 1 fully saturated rings. The van der Waals surface area contributed by atoms with Crippen LogP contribution in [-0.2, 0) is 0 Å². The summed E-state index contributed by atoms with van der Waals surface area (Å²) in [6, 6.07) is 1.67. The van der Waals surface area contributed by atoms with Gasteiger partial charge < -0.3 is 4.42 Å². The molecule has 0 bridgehead atoms. The lowest BCUT2D eigenvalue weighted by Crippen LogP contribution is -2.31. The van der Waals surface area contributed by atoms with Gasteiger partial charge >= 0.3 is 0 Å². The maximum atomic E-state index is 12.0. The van der Waals surface area contributed by atoms with Crippen molar-refractivity contribution in [2.75, 3.05) is 0 Å². The SMILES string of the molecule is Cc1occc1C(=O)NN=C1C[C@H](C)CC[C@H]1C(C)C. The average molecular weight is 276 g/mol. The van der Waals surface area contributed by atoms with E-state index in [1.807, 2.05) is 0 Å². The van der Waals surface area contributed by atoms with Crippen molar-refractivity contribution < 1.29 is 9.21 Å². The molecule has 0 unspecified atom stereocenters. The number of rotatable bonds is 3. The third-order valence-electron chi connectivity index (χ3n) is 4.17. The number of furan rings is 1. The van der Waals surface area contributed by atoms with Gasteiger partial charge in [0.15, 0.2) is 0 Å². The quantitative estimate of drug-likeness (QED) is 0.854. The molecule has 2 atom stereocenters. The Morgan fingerprint density at radius 3 is 2.80 bits per heavy atom. The molecule has 20 heavy (non-hydrogen) atoms. The van der Waals surface area contributed by atoms with Gasteiger partial charge in [0.2, 0.25) is 0 Å². The Labute approximate surface area is 120 Å². The summed E-state index contributed by atoms with van der Waals surface area (Å²) in [7, 11) is 0. The number of hydrogen-bond donors (Lipinski definition) is 1. The van der Waals surface area contributed by atoms with Crippen LogP contribution in [0.3, 0.4) is 0 Å². The van der Waals surface area contributed by atoms with Crippen molar-refractivity contribution in [3.63, 3.8) is 0 Å². The second-order valence-corrected chi connectivity index (χ2v) is 6.17. The predicted octanol–water partition coefficient (Wildman–Crippen LogP) is 3.77. The van der Waals surface area contributed by atoms with Gasteiger partial charge in [-0.2, -0.15) is 5.10 Å². The van der Waals surface area contributed by atoms with Crippen molar-refractivity contribution in [1.29, 1.82) is 0 Å². The Balaban J connectivity index is 2.08. The molecular formula is C16H24N2O2. The molecule has 1 saturated carbocycles. The molecule has 0 spiro atoms. The average Bonchev–Trinajstić information content (AvgIpc) is 2.82. The second-order valence-electron chi connectivity index (χ2n) is 6.17. The predicted molar refractivity (Wildman–Crippen MR) is 79.7 cm³/mol. The van der Waals surface area contributed by atoms with E-state index < -0.39 is 0 Å². The molecular weight excluding hydrogens is 252 g/mol. The first-order chi connectivity index (χ1) is 9.49. The smallest absolute Gasteiger partial charge is 0.274 e. The molecule has 0 radical (unpaired) electrons. The Kier molecular flexibility index (Phi) is 4.63. The molecule has 1 N–H and O–H groups in total. The van der Waals surface area contributed by atoms with Crippen LogP contribution < -0.4 is 5.43 Å². The molecule has 0 aliphatic heterocycles. The van der Waals surface area contributed by atoms with E-state index in [-0.39, 0.29) is 5.91 Å². The first kappa shape index (κ1) is 14.8. The highest BCUT2D eigenvalue weighted by molar-refractivity contribution is 5.96. The highest BCUT2D eigenvalue weighted by atomic mass is 16.3. The van der Waals surface area contributed by atoms with E-state index in [0.29, 0.717) is 29.1 Å². The summed E-state index contributed by atoms with van der Waals surface area (Å²) >= 11 is 0. The normalized spacial score (nSPS) is 25.1. The van der Waals surface area contributed by atoms with Crippen molar-refractivity contribution in [1.82, 2.24) is 5.43 Å². The van der Waals surface area contributed by atoms with Gasteiger partial charge in [0, 0.05) is 11.6 Å². The van der Waals surface area contributed by atoms with Gasteiger partial charge in [0.25, 0.3) is 5.91 Å². The molecule has 1 aliphatic rings. The number of hydrogen-bond acceptors (Lipinski definition) is 3. The number of carbonyl (C=O) groups excluding carboxylic acids is 1. The summed E-state index contributed by atoms with van der Waals surface area (Å²) in [6.07, 6.45) is 4.92. The van der Waals surface area contributed by atoms with Gasteiger partial charge in [-0.1, -0.05) is 20.8 Å². The molecule has 2 rings (SSSR count). The summed E-state index contributed by atoms with van der Waals surface area (Å²) in [6.45, 7) is 8.46. The summed E-state index contributed by atoms with van der Waals surface area (Å²) in [5.41, 5.74) is 4.38. The molecule has 1 aromatic rings. The van der Waals surface area contributed by atoms with E-state index in [9.17, 15) is 4.79 Å². The molecule has 4 nitrogen and oxygen atoms in total. The van der Waals surface area contributed by atoms with Gasteiger partial charge in [0.1, 0.15) is 5.76 Å². The lowest BCUT2D eigenvalue weighted by atomic mass is 9.76. The van der Waals surface area contributed by atoms with Crippen LogP contribution in [0.2, 0.25) is 0 Å². The Bertz CT molecular complexity index is 502. The highest BCUT2D eigenvalue weighted by Crippen LogP contribution is 2.31. The van der Waals surface area contributed by atoms with Crippen LogP contribution in [0, 0.1) is 24.7 Å². The number of nitrogens with zero attached hydrogens (tertiary/aromatic N) is 1. The van der Waals surface area contributed by atoms with Crippen molar-refractivity contribution in [2.45, 2.75) is 47.0 Å². The van der Waals surface area contributed by atoms with Crippen LogP contribution >= 0.6 is 0 Å². The molecule has 0 aromatic carbocycles. The van der Waals surface area contributed by atoms with Gasteiger partial charge in [-0.25, -0.2) is 5.43 Å². The van der Waals surface area contributed by atoms with E-state index in [2.05, 4.69) is 31.3 Å². The standard InChI is InChI=1S/C16H24N2O2/c1-10(2)13-6-5-11(3)9-15(13)17-18-16(19)14-7-8-20-12(14)4/h7-8,10-11,13H,5-6,9H2,1-4H3,(H,18,19)/t11-,13+/m1/s1. The zero-order chi connectivity index (χ0) is 14.7. The first-order valence-corrected chi connectivity index (χ1v) is 7.40. The minimum absolute atomic E-state index is 0.190. The Hall–Kier alpha value is -1.58. The van der Waals surface area contributed by atoms with Gasteiger partial charge in [-0.3, -0.25) is 4.79 Å². The van der Waals surface area contributed by atoms with E-state index in [0.717, 1.165) is 18.6 Å². The van der Waals surface area contributed by atoms with E-state index in [4.69, 9.17) is 4.42 Å². The molecule has 4 heteroatoms. The minimum Gasteiger partial charge on any atom is -0.469 e. The van der Waals surface area contributed by atoms with E-state index >= 15 is 0 Å². The van der Waals surface area contributed by atoms with Crippen LogP contribution in [0.4, 0.5) is 0 Å². The molecule has 1 amide bonds. The highest BCUT2D eigenvalue weighted by Gasteiger charge is 2.27. The van der Waals surface area contributed by atoms with E-state index in [1.54, 1.807) is 13.0 Å². The van der Waals surface area contributed by atoms with Crippen molar-refractivity contribution >= 4 is 11.6 Å². The zero-order valence-corrected chi connectivity index (χ0v) is 12.8. The van der Waals surface area contributed by atoms with Crippen LogP contribution in [-0.4, -0.2) is 11.6 Å². The first-order valence-electron chi connectivity index (χ1n) is 7.40. The fraction of sp³-hybridized carbons (Fsp3) is 0.625. The number of amides is 1. The zero-order valence-electron chi connectivity index (χ0n) is 12.8. The molecule has 1 aromatic heterocycles. The minimum atomic E-state index is -0.190. The topological polar surface area (TPSA) is 54.6 Å². The van der Waals surface area contributed by atoms with Gasteiger partial charge in [-0.15, -0.1) is 0 Å². The molecule has 110 valence electrons. The van der Waals surface area contributed by atoms with E-state index in [1.165, 1.54) is 12.7 Å². The summed E-state index contributed by atoms with van der Waals surface area (Å²) in [5, 5.41) is 4.41. The fourth-order valence-corrected chi connectivity index (χ4v) is 2.89. The van der Waals surface area contributed by atoms with Crippen molar-refractivity contribution in [3.8, 4) is 0 Å². The largest absolute Gasteiger partial charge is 0.469 e. The third kappa shape index (κ3) is 3.30. The lowest BCUT2D eigenvalue weighted by molar-refractivity contribution is 0.0952. The number of carbonyl (C=O) groups is 1. The Morgan fingerprint density at radius 2 is 2.20 bits per heavy atom. The summed E-state index contributed by atoms with van der Waals surface area (Å²) in [5.74, 6) is 2.13.